The Bertz CT molecular complexity index is 1390. The molecule has 0 spiro atoms. The number of furan rings is 1. The van der Waals surface area contributed by atoms with Gasteiger partial charge in [0.05, 0.1) is 23.4 Å². The van der Waals surface area contributed by atoms with Crippen molar-refractivity contribution in [2.45, 2.75) is 32.3 Å². The first-order valence-corrected chi connectivity index (χ1v) is 11.7. The van der Waals surface area contributed by atoms with Gasteiger partial charge in [0, 0.05) is 16.7 Å². The Morgan fingerprint density at radius 2 is 1.77 bits per heavy atom. The van der Waals surface area contributed by atoms with Crippen LogP contribution in [0.25, 0.3) is 0 Å². The zero-order valence-electron chi connectivity index (χ0n) is 19.1. The largest absolute Gasteiger partial charge is 0.463 e. The molecule has 7 nitrogen and oxygen atoms in total. The van der Waals surface area contributed by atoms with Gasteiger partial charge in [-0.05, 0) is 56.0 Å². The minimum absolute atomic E-state index is 0.212. The quantitative estimate of drug-likeness (QED) is 0.420. The van der Waals surface area contributed by atoms with Crippen LogP contribution in [0.4, 0.5) is 5.69 Å². The molecule has 0 bridgehead atoms. The number of hydrogen-bond acceptors (Lipinski definition) is 6. The molecular formula is C28H23NO6. The lowest BCUT2D eigenvalue weighted by molar-refractivity contribution is -0.123. The number of imide groups is 1. The Morgan fingerprint density at radius 1 is 1.00 bits per heavy atom. The maximum atomic E-state index is 13.7. The summed E-state index contributed by atoms with van der Waals surface area (Å²) < 4.78 is 5.86. The lowest BCUT2D eigenvalue weighted by Crippen LogP contribution is -2.39. The molecule has 0 saturated carbocycles. The van der Waals surface area contributed by atoms with Gasteiger partial charge in [-0.1, -0.05) is 29.8 Å². The van der Waals surface area contributed by atoms with Crippen molar-refractivity contribution in [1.82, 2.24) is 0 Å². The molecule has 6 rings (SSSR count). The first kappa shape index (κ1) is 21.7. The second-order valence-electron chi connectivity index (χ2n) is 9.54. The number of Topliss-reactive ketones (excluding diaryl/α,β-unsaturated/α-hetero) is 1. The molecule has 1 fully saturated rings. The van der Waals surface area contributed by atoms with E-state index in [-0.39, 0.29) is 36.4 Å². The summed E-state index contributed by atoms with van der Waals surface area (Å²) in [5.74, 6) is -2.36. The van der Waals surface area contributed by atoms with Crippen molar-refractivity contribution in [3.05, 3.63) is 88.4 Å². The number of aliphatic hydroxyl groups excluding tert-OH is 1. The van der Waals surface area contributed by atoms with Gasteiger partial charge in [0.15, 0.2) is 11.6 Å². The third-order valence-corrected chi connectivity index (χ3v) is 7.70. The number of ketones is 2. The van der Waals surface area contributed by atoms with E-state index in [1.807, 2.05) is 12.1 Å². The first-order chi connectivity index (χ1) is 16.9. The Hall–Kier alpha value is -3.84. The molecule has 0 radical (unpaired) electrons. The summed E-state index contributed by atoms with van der Waals surface area (Å²) in [6.45, 7) is 1.32. The molecule has 2 aromatic rings. The lowest BCUT2D eigenvalue weighted by Gasteiger charge is -2.41. The van der Waals surface area contributed by atoms with Crippen molar-refractivity contribution in [2.75, 3.05) is 4.90 Å². The molecule has 2 amide bonds. The van der Waals surface area contributed by atoms with E-state index in [1.54, 1.807) is 43.3 Å². The second-order valence-corrected chi connectivity index (χ2v) is 9.54. The monoisotopic (exact) mass is 469 g/mol. The van der Waals surface area contributed by atoms with Crippen LogP contribution in [0.1, 0.15) is 37.2 Å². The number of hydrogen-bond donors (Lipinski definition) is 1. The number of allylic oxidation sites excluding steroid dienone is 6. The van der Waals surface area contributed by atoms with E-state index in [4.69, 9.17) is 4.42 Å². The summed E-state index contributed by atoms with van der Waals surface area (Å²) in [7, 11) is 0. The van der Waals surface area contributed by atoms with Gasteiger partial charge < -0.3 is 9.52 Å². The Kier molecular flexibility index (Phi) is 4.86. The van der Waals surface area contributed by atoms with Crippen LogP contribution in [-0.2, 0) is 25.8 Å². The maximum absolute atomic E-state index is 13.7. The highest BCUT2D eigenvalue weighted by Crippen LogP contribution is 2.55. The fourth-order valence-electron chi connectivity index (χ4n) is 6.18. The van der Waals surface area contributed by atoms with Crippen molar-refractivity contribution in [2.24, 2.45) is 17.8 Å². The van der Waals surface area contributed by atoms with Crippen molar-refractivity contribution in [3.8, 4) is 0 Å². The van der Waals surface area contributed by atoms with Crippen LogP contribution < -0.4 is 4.90 Å². The molecular weight excluding hydrogens is 446 g/mol. The number of amides is 2. The highest BCUT2D eigenvalue weighted by Gasteiger charge is 2.57. The van der Waals surface area contributed by atoms with Gasteiger partial charge in [0.2, 0.25) is 11.8 Å². The second kappa shape index (κ2) is 7.85. The standard InChI is InChI=1S/C28H23NO6/c1-14-11-21(31)24-20(26(14)32)12-19-17(25(24)22-10-7-16(13-30)35-22)8-9-18-23(19)28(34)29(27(18)33)15-5-3-2-4-6-15/h2-8,10-11,18-19,23,25,30H,9,12-13H2,1H3. The van der Waals surface area contributed by atoms with Gasteiger partial charge in [-0.15, -0.1) is 0 Å². The first-order valence-electron chi connectivity index (χ1n) is 11.7. The molecule has 4 aliphatic rings. The number of para-hydroxylation sites is 1. The van der Waals surface area contributed by atoms with Gasteiger partial charge in [-0.3, -0.25) is 24.1 Å². The molecule has 3 aliphatic carbocycles. The van der Waals surface area contributed by atoms with Crippen LogP contribution in [0.15, 0.2) is 81.3 Å². The minimum atomic E-state index is -0.639. The molecule has 1 saturated heterocycles. The molecule has 4 atom stereocenters. The predicted octanol–water partition coefficient (Wildman–Crippen LogP) is 3.41. The highest BCUT2D eigenvalue weighted by atomic mass is 16.4. The van der Waals surface area contributed by atoms with E-state index >= 15 is 0 Å². The molecule has 176 valence electrons. The van der Waals surface area contributed by atoms with E-state index < -0.39 is 23.7 Å². The Labute approximate surface area is 201 Å². The average molecular weight is 469 g/mol. The molecule has 4 unspecified atom stereocenters. The lowest BCUT2D eigenvalue weighted by atomic mass is 9.60. The highest BCUT2D eigenvalue weighted by molar-refractivity contribution is 6.25. The molecule has 1 aliphatic heterocycles. The van der Waals surface area contributed by atoms with E-state index in [1.165, 1.54) is 11.0 Å². The zero-order valence-corrected chi connectivity index (χ0v) is 19.1. The van der Waals surface area contributed by atoms with Crippen molar-refractivity contribution >= 4 is 29.1 Å². The number of carbonyl (C=O) groups excluding carboxylic acids is 4. The Morgan fingerprint density at radius 3 is 2.49 bits per heavy atom. The fraction of sp³-hybridized carbons (Fsp3) is 0.286. The third kappa shape index (κ3) is 3.08. The number of rotatable bonds is 3. The number of carbonyl (C=O) groups is 4. The van der Waals surface area contributed by atoms with Crippen LogP contribution >= 0.6 is 0 Å². The van der Waals surface area contributed by atoms with Gasteiger partial charge in [0.1, 0.15) is 18.1 Å². The van der Waals surface area contributed by atoms with Gasteiger partial charge in [0.25, 0.3) is 0 Å². The minimum Gasteiger partial charge on any atom is -0.463 e. The summed E-state index contributed by atoms with van der Waals surface area (Å²) >= 11 is 0. The number of nitrogens with zero attached hydrogens (tertiary/aromatic N) is 1. The SMILES string of the molecule is CC1=CC(=O)C2=C(CC3C(=CCC4C(=O)N(c5ccccc5)C(=O)C43)C2c2ccc(CO)o2)C1=O. The summed E-state index contributed by atoms with van der Waals surface area (Å²) in [5.41, 5.74) is 2.49. The van der Waals surface area contributed by atoms with Crippen LogP contribution in [0.3, 0.4) is 0 Å². The molecule has 1 aromatic carbocycles. The maximum Gasteiger partial charge on any atom is 0.238 e. The Balaban J connectivity index is 1.48. The summed E-state index contributed by atoms with van der Waals surface area (Å²) in [6, 6.07) is 12.2. The van der Waals surface area contributed by atoms with Crippen LogP contribution in [-0.4, -0.2) is 28.5 Å². The van der Waals surface area contributed by atoms with Crippen molar-refractivity contribution < 1.29 is 28.7 Å². The van der Waals surface area contributed by atoms with Crippen molar-refractivity contribution in [3.63, 3.8) is 0 Å². The molecule has 35 heavy (non-hydrogen) atoms. The van der Waals surface area contributed by atoms with Crippen molar-refractivity contribution in [1.29, 1.82) is 0 Å². The van der Waals surface area contributed by atoms with E-state index in [0.717, 1.165) is 5.57 Å². The summed E-state index contributed by atoms with van der Waals surface area (Å²) in [6.07, 6.45) is 3.90. The normalized spacial score (nSPS) is 28.0. The third-order valence-electron chi connectivity index (χ3n) is 7.70. The number of aliphatic hydroxyl groups is 1. The van der Waals surface area contributed by atoms with Crippen LogP contribution in [0.2, 0.25) is 0 Å². The number of fused-ring (bicyclic) bond motifs is 3. The summed E-state index contributed by atoms with van der Waals surface area (Å²) in [4.78, 5) is 54.7. The number of benzene rings is 1. The van der Waals surface area contributed by atoms with Gasteiger partial charge >= 0.3 is 0 Å². The van der Waals surface area contributed by atoms with Gasteiger partial charge in [-0.2, -0.15) is 0 Å². The predicted molar refractivity (Wildman–Crippen MR) is 125 cm³/mol. The fourth-order valence-corrected chi connectivity index (χ4v) is 6.18. The molecule has 1 N–H and O–H groups in total. The van der Waals surface area contributed by atoms with Gasteiger partial charge in [-0.25, -0.2) is 0 Å². The smallest absolute Gasteiger partial charge is 0.238 e. The number of anilines is 1. The topological polar surface area (TPSA) is 105 Å². The van der Waals surface area contributed by atoms with E-state index in [9.17, 15) is 24.3 Å². The molecule has 7 heteroatoms. The van der Waals surface area contributed by atoms with Crippen LogP contribution in [0.5, 0.6) is 0 Å². The van der Waals surface area contributed by atoms with Crippen LogP contribution in [0, 0.1) is 17.8 Å². The molecule has 2 heterocycles. The average Bonchev–Trinajstić information content (AvgIpc) is 3.44. The molecule has 1 aromatic heterocycles. The zero-order chi connectivity index (χ0) is 24.4. The van der Waals surface area contributed by atoms with E-state index in [2.05, 4.69) is 0 Å². The summed E-state index contributed by atoms with van der Waals surface area (Å²) in [5, 5.41) is 9.53. The van der Waals surface area contributed by atoms with E-state index in [0.29, 0.717) is 40.3 Å².